The summed E-state index contributed by atoms with van der Waals surface area (Å²) in [6.45, 7) is 0.107. The van der Waals surface area contributed by atoms with Crippen LogP contribution in [0.25, 0.3) is 0 Å². The Morgan fingerprint density at radius 2 is 2.00 bits per heavy atom. The van der Waals surface area contributed by atoms with E-state index in [9.17, 15) is 5.11 Å². The van der Waals surface area contributed by atoms with Crippen LogP contribution in [-0.4, -0.2) is 48.5 Å². The lowest BCUT2D eigenvalue weighted by Gasteiger charge is -2.19. The second-order valence-corrected chi connectivity index (χ2v) is 4.21. The molecule has 0 aromatic heterocycles. The van der Waals surface area contributed by atoms with Gasteiger partial charge in [0.25, 0.3) is 0 Å². The highest BCUT2D eigenvalue weighted by atomic mass is 16.7. The highest BCUT2D eigenvalue weighted by Gasteiger charge is 2.44. The van der Waals surface area contributed by atoms with Crippen molar-refractivity contribution in [1.82, 2.24) is 0 Å². The Bertz CT molecular complexity index is 354. The fourth-order valence-corrected chi connectivity index (χ4v) is 1.99. The lowest BCUT2D eigenvalue weighted by atomic mass is 10.1. The number of benzene rings is 1. The molecule has 5 heteroatoms. The molecule has 100 valence electrons. The second kappa shape index (κ2) is 6.26. The molecule has 1 aliphatic heterocycles. The Morgan fingerprint density at radius 3 is 2.61 bits per heavy atom. The molecule has 5 nitrogen and oxygen atoms in total. The molecule has 0 aliphatic carbocycles. The van der Waals surface area contributed by atoms with Gasteiger partial charge >= 0.3 is 0 Å². The van der Waals surface area contributed by atoms with Gasteiger partial charge in [0.1, 0.15) is 18.3 Å². The Morgan fingerprint density at radius 1 is 1.28 bits per heavy atom. The normalized spacial score (nSPS) is 31.7. The summed E-state index contributed by atoms with van der Waals surface area (Å²) in [5, 5.41) is 19.0. The van der Waals surface area contributed by atoms with E-state index in [1.807, 2.05) is 30.3 Å². The summed E-state index contributed by atoms with van der Waals surface area (Å²) in [4.78, 5) is 0. The van der Waals surface area contributed by atoms with Crippen molar-refractivity contribution < 1.29 is 24.4 Å². The first kappa shape index (κ1) is 13.5. The van der Waals surface area contributed by atoms with E-state index in [2.05, 4.69) is 0 Å². The van der Waals surface area contributed by atoms with Crippen molar-refractivity contribution in [3.63, 3.8) is 0 Å². The van der Waals surface area contributed by atoms with E-state index in [0.717, 1.165) is 5.56 Å². The fraction of sp³-hybridized carbons (Fsp3) is 0.538. The van der Waals surface area contributed by atoms with Crippen LogP contribution in [0.5, 0.6) is 0 Å². The minimum Gasteiger partial charge on any atom is -0.394 e. The van der Waals surface area contributed by atoms with Crippen molar-refractivity contribution in [1.29, 1.82) is 0 Å². The van der Waals surface area contributed by atoms with Crippen LogP contribution in [0.4, 0.5) is 0 Å². The van der Waals surface area contributed by atoms with Crippen LogP contribution in [0.2, 0.25) is 0 Å². The van der Waals surface area contributed by atoms with Gasteiger partial charge in [0.2, 0.25) is 0 Å². The molecule has 2 rings (SSSR count). The molecule has 1 aliphatic rings. The van der Waals surface area contributed by atoms with E-state index in [1.54, 1.807) is 0 Å². The predicted molar refractivity (Wildman–Crippen MR) is 63.8 cm³/mol. The Balaban J connectivity index is 1.95. The van der Waals surface area contributed by atoms with E-state index >= 15 is 0 Å². The predicted octanol–water partition coefficient (Wildman–Crippen LogP) is 0.296. The van der Waals surface area contributed by atoms with Gasteiger partial charge in [0.05, 0.1) is 13.2 Å². The molecule has 4 atom stereocenters. The van der Waals surface area contributed by atoms with Gasteiger partial charge in [-0.3, -0.25) is 0 Å². The van der Waals surface area contributed by atoms with E-state index in [4.69, 9.17) is 19.3 Å². The first-order valence-electron chi connectivity index (χ1n) is 5.89. The number of hydrogen-bond acceptors (Lipinski definition) is 5. The number of aliphatic hydroxyl groups excluding tert-OH is 2. The van der Waals surface area contributed by atoms with Gasteiger partial charge in [-0.15, -0.1) is 0 Å². The minimum absolute atomic E-state index is 0.258. The maximum atomic E-state index is 9.94. The van der Waals surface area contributed by atoms with Crippen molar-refractivity contribution in [2.24, 2.45) is 0 Å². The Hall–Kier alpha value is -0.980. The van der Waals surface area contributed by atoms with Gasteiger partial charge < -0.3 is 24.4 Å². The molecule has 0 radical (unpaired) electrons. The minimum atomic E-state index is -0.885. The highest BCUT2D eigenvalue weighted by Crippen LogP contribution is 2.25. The largest absolute Gasteiger partial charge is 0.394 e. The summed E-state index contributed by atoms with van der Waals surface area (Å²) in [7, 11) is 1.48. The molecular weight excluding hydrogens is 236 g/mol. The Labute approximate surface area is 106 Å². The van der Waals surface area contributed by atoms with Crippen LogP contribution in [0, 0.1) is 0 Å². The standard InChI is InChI=1S/C13H18O5/c1-16-13-12(11(15)10(7-14)18-13)17-8-9-5-3-2-4-6-9/h2-6,10-15H,7-8H2,1H3/t10-,11+,12-,13-/m1/s1. The molecule has 0 amide bonds. The van der Waals surface area contributed by atoms with Crippen LogP contribution in [0.1, 0.15) is 5.56 Å². The van der Waals surface area contributed by atoms with E-state index in [1.165, 1.54) is 7.11 Å². The second-order valence-electron chi connectivity index (χ2n) is 4.21. The van der Waals surface area contributed by atoms with E-state index < -0.39 is 24.6 Å². The average Bonchev–Trinajstić information content (AvgIpc) is 2.73. The summed E-state index contributed by atoms with van der Waals surface area (Å²) in [5.74, 6) is 0. The van der Waals surface area contributed by atoms with Crippen molar-refractivity contribution in [3.8, 4) is 0 Å². The molecule has 1 aromatic carbocycles. The number of rotatable bonds is 5. The Kier molecular flexibility index (Phi) is 4.68. The van der Waals surface area contributed by atoms with E-state index in [-0.39, 0.29) is 6.61 Å². The number of aliphatic hydroxyl groups is 2. The van der Waals surface area contributed by atoms with Crippen molar-refractivity contribution in [2.45, 2.75) is 31.2 Å². The van der Waals surface area contributed by atoms with Gasteiger partial charge in [-0.25, -0.2) is 0 Å². The number of methoxy groups -OCH3 is 1. The summed E-state index contributed by atoms with van der Waals surface area (Å²) in [5.41, 5.74) is 1.01. The molecule has 2 N–H and O–H groups in total. The van der Waals surface area contributed by atoms with Crippen LogP contribution in [-0.2, 0) is 20.8 Å². The van der Waals surface area contributed by atoms with Crippen LogP contribution >= 0.6 is 0 Å². The van der Waals surface area contributed by atoms with Crippen molar-refractivity contribution in [3.05, 3.63) is 35.9 Å². The molecule has 18 heavy (non-hydrogen) atoms. The third-order valence-electron chi connectivity index (χ3n) is 2.99. The molecule has 0 saturated carbocycles. The van der Waals surface area contributed by atoms with Crippen molar-refractivity contribution >= 4 is 0 Å². The first-order valence-corrected chi connectivity index (χ1v) is 5.89. The maximum absolute atomic E-state index is 9.94. The first-order chi connectivity index (χ1) is 8.76. The SMILES string of the molecule is CO[C@@H]1O[C@H](CO)[C@H](O)[C@H]1OCc1ccccc1. The summed E-state index contributed by atoms with van der Waals surface area (Å²) >= 11 is 0. The molecule has 1 saturated heterocycles. The van der Waals surface area contributed by atoms with Gasteiger partial charge in [-0.05, 0) is 5.56 Å². The van der Waals surface area contributed by atoms with Gasteiger partial charge in [0, 0.05) is 7.11 Å². The molecule has 0 spiro atoms. The van der Waals surface area contributed by atoms with Gasteiger partial charge in [-0.1, -0.05) is 30.3 Å². The van der Waals surface area contributed by atoms with Gasteiger partial charge in [0.15, 0.2) is 6.29 Å². The summed E-state index contributed by atoms with van der Waals surface area (Å²) in [6, 6.07) is 9.65. The topological polar surface area (TPSA) is 68.2 Å². The number of ether oxygens (including phenoxy) is 3. The zero-order chi connectivity index (χ0) is 13.0. The number of hydrogen-bond donors (Lipinski definition) is 2. The van der Waals surface area contributed by atoms with Gasteiger partial charge in [-0.2, -0.15) is 0 Å². The zero-order valence-corrected chi connectivity index (χ0v) is 10.2. The lowest BCUT2D eigenvalue weighted by molar-refractivity contribution is -0.168. The average molecular weight is 254 g/mol. The molecule has 1 heterocycles. The maximum Gasteiger partial charge on any atom is 0.186 e. The smallest absolute Gasteiger partial charge is 0.186 e. The molecule has 0 bridgehead atoms. The highest BCUT2D eigenvalue weighted by molar-refractivity contribution is 5.13. The molecule has 0 unspecified atom stereocenters. The lowest BCUT2D eigenvalue weighted by Crippen LogP contribution is -2.36. The summed E-state index contributed by atoms with van der Waals surface area (Å²) in [6.07, 6.45) is -2.78. The zero-order valence-electron chi connectivity index (χ0n) is 10.2. The fourth-order valence-electron chi connectivity index (χ4n) is 1.99. The van der Waals surface area contributed by atoms with Crippen LogP contribution in [0.15, 0.2) is 30.3 Å². The third-order valence-corrected chi connectivity index (χ3v) is 2.99. The van der Waals surface area contributed by atoms with E-state index in [0.29, 0.717) is 6.61 Å². The molecular formula is C13H18O5. The molecule has 1 fully saturated rings. The third kappa shape index (κ3) is 2.88. The monoisotopic (exact) mass is 254 g/mol. The summed E-state index contributed by atoms with van der Waals surface area (Å²) < 4.78 is 16.0. The molecule has 1 aromatic rings. The van der Waals surface area contributed by atoms with Crippen molar-refractivity contribution in [2.75, 3.05) is 13.7 Å². The van der Waals surface area contributed by atoms with Crippen LogP contribution in [0.3, 0.4) is 0 Å². The van der Waals surface area contributed by atoms with Crippen LogP contribution < -0.4 is 0 Å². The quantitative estimate of drug-likeness (QED) is 0.791.